The normalized spacial score (nSPS) is 13.6. The molecule has 2 heterocycles. The molecule has 11 heteroatoms. The summed E-state index contributed by atoms with van der Waals surface area (Å²) in [5.41, 5.74) is 7.80. The molecule has 0 fully saturated rings. The molecule has 0 radical (unpaired) electrons. The van der Waals surface area contributed by atoms with Crippen molar-refractivity contribution >= 4 is 23.2 Å². The molecule has 2 amide bonds. The van der Waals surface area contributed by atoms with E-state index in [0.29, 0.717) is 24.4 Å². The van der Waals surface area contributed by atoms with Gasteiger partial charge in [-0.1, -0.05) is 6.07 Å². The molecule has 1 aliphatic rings. The van der Waals surface area contributed by atoms with Crippen molar-refractivity contribution in [3.63, 3.8) is 0 Å². The molecule has 0 unspecified atom stereocenters. The van der Waals surface area contributed by atoms with Gasteiger partial charge in [0.2, 0.25) is 5.88 Å². The third kappa shape index (κ3) is 5.25. The van der Waals surface area contributed by atoms with Crippen LogP contribution in [0.1, 0.15) is 24.0 Å². The minimum atomic E-state index is -4.49. The summed E-state index contributed by atoms with van der Waals surface area (Å²) in [6.07, 6.45) is -0.977. The maximum absolute atomic E-state index is 13.0. The molecule has 1 aliphatic heterocycles. The van der Waals surface area contributed by atoms with Crippen LogP contribution in [0.15, 0.2) is 60.0 Å². The third-order valence-corrected chi connectivity index (χ3v) is 5.07. The van der Waals surface area contributed by atoms with Gasteiger partial charge in [-0.05, 0) is 61.2 Å². The Morgan fingerprint density at radius 3 is 2.76 bits per heavy atom. The van der Waals surface area contributed by atoms with E-state index in [1.807, 2.05) is 0 Å². The average Bonchev–Trinajstić information content (AvgIpc) is 3.01. The first-order valence-corrected chi connectivity index (χ1v) is 10.1. The molecule has 0 atom stereocenters. The second kappa shape index (κ2) is 9.23. The molecule has 0 saturated heterocycles. The summed E-state index contributed by atoms with van der Waals surface area (Å²) in [4.78, 5) is 22.3. The lowest BCUT2D eigenvalue weighted by molar-refractivity contribution is -0.137. The number of alkyl halides is 3. The maximum Gasteiger partial charge on any atom is 0.416 e. The van der Waals surface area contributed by atoms with Crippen molar-refractivity contribution in [3.05, 3.63) is 66.0 Å². The molecular weight excluding hydrogens is 437 g/mol. The molecule has 0 aliphatic carbocycles. The number of aryl methyl sites for hydroxylation is 1. The Morgan fingerprint density at radius 2 is 1.97 bits per heavy atom. The first kappa shape index (κ1) is 22.2. The number of nitrogens with one attached hydrogen (secondary N) is 2. The Kier molecular flexibility index (Phi) is 6.20. The molecule has 1 aromatic heterocycles. The number of urea groups is 1. The molecule has 170 valence electrons. The number of halogens is 3. The van der Waals surface area contributed by atoms with E-state index in [1.54, 1.807) is 18.2 Å². The monoisotopic (exact) mass is 456 g/mol. The number of aromatic nitrogens is 2. The van der Waals surface area contributed by atoms with Crippen molar-refractivity contribution in [2.75, 3.05) is 16.8 Å². The lowest BCUT2D eigenvalue weighted by atomic mass is 10.1. The molecule has 2 aromatic carbocycles. The van der Waals surface area contributed by atoms with Crippen LogP contribution in [0.2, 0.25) is 0 Å². The van der Waals surface area contributed by atoms with Gasteiger partial charge in [0, 0.05) is 24.0 Å². The fourth-order valence-corrected chi connectivity index (χ4v) is 3.54. The zero-order valence-electron chi connectivity index (χ0n) is 17.3. The first-order valence-electron chi connectivity index (χ1n) is 10.1. The van der Waals surface area contributed by atoms with Crippen molar-refractivity contribution < 1.29 is 22.7 Å². The van der Waals surface area contributed by atoms with E-state index in [4.69, 9.17) is 10.3 Å². The van der Waals surface area contributed by atoms with Gasteiger partial charge in [0.15, 0.2) is 5.82 Å². The van der Waals surface area contributed by atoms with Crippen LogP contribution in [0.4, 0.5) is 35.2 Å². The minimum Gasteiger partial charge on any atom is -0.439 e. The summed E-state index contributed by atoms with van der Waals surface area (Å²) in [5.74, 6) is 0.874. The van der Waals surface area contributed by atoms with Crippen molar-refractivity contribution in [3.8, 4) is 11.6 Å². The first-order chi connectivity index (χ1) is 15.8. The molecule has 33 heavy (non-hydrogen) atoms. The van der Waals surface area contributed by atoms with E-state index in [1.165, 1.54) is 29.4 Å². The molecule has 3 aromatic rings. The van der Waals surface area contributed by atoms with E-state index in [-0.39, 0.29) is 17.4 Å². The second-order valence-corrected chi connectivity index (χ2v) is 7.34. The SMILES string of the molecule is N=Nc1cc(Oc2ccc3c(c2)CCCCN3C(=O)Nc2cccc(C(F)(F)F)c2)ncn1. The average molecular weight is 456 g/mol. The van der Waals surface area contributed by atoms with Crippen LogP contribution in [0.25, 0.3) is 0 Å². The number of rotatable bonds is 4. The summed E-state index contributed by atoms with van der Waals surface area (Å²) in [6, 6.07) is 10.7. The second-order valence-electron chi connectivity index (χ2n) is 7.34. The Balaban J connectivity index is 1.55. The molecule has 0 bridgehead atoms. The summed E-state index contributed by atoms with van der Waals surface area (Å²) >= 11 is 0. The van der Waals surface area contributed by atoms with Gasteiger partial charge in [-0.15, -0.1) is 5.11 Å². The summed E-state index contributed by atoms with van der Waals surface area (Å²) in [5, 5.41) is 5.81. The van der Waals surface area contributed by atoms with Crippen LogP contribution in [0, 0.1) is 5.53 Å². The van der Waals surface area contributed by atoms with Crippen LogP contribution in [0.5, 0.6) is 11.6 Å². The number of carbonyl (C=O) groups excluding carboxylic acids is 1. The van der Waals surface area contributed by atoms with E-state index in [0.717, 1.165) is 30.5 Å². The Hall–Kier alpha value is -4.02. The van der Waals surface area contributed by atoms with Gasteiger partial charge in [-0.3, -0.25) is 4.90 Å². The number of fused-ring (bicyclic) bond motifs is 1. The molecule has 8 nitrogen and oxygen atoms in total. The third-order valence-electron chi connectivity index (χ3n) is 5.07. The molecule has 2 N–H and O–H groups in total. The van der Waals surface area contributed by atoms with Crippen molar-refractivity contribution in [1.29, 1.82) is 5.53 Å². The largest absolute Gasteiger partial charge is 0.439 e. The molecule has 4 rings (SSSR count). The van der Waals surface area contributed by atoms with Crippen LogP contribution < -0.4 is 15.0 Å². The lowest BCUT2D eigenvalue weighted by Crippen LogP contribution is -2.35. The zero-order chi connectivity index (χ0) is 23.4. The zero-order valence-corrected chi connectivity index (χ0v) is 17.3. The number of hydrogen-bond acceptors (Lipinski definition) is 6. The fourth-order valence-electron chi connectivity index (χ4n) is 3.54. The van der Waals surface area contributed by atoms with Gasteiger partial charge in [0.1, 0.15) is 12.1 Å². The summed E-state index contributed by atoms with van der Waals surface area (Å²) < 4.78 is 44.7. The van der Waals surface area contributed by atoms with E-state index < -0.39 is 17.8 Å². The predicted octanol–water partition coefficient (Wildman–Crippen LogP) is 6.32. The van der Waals surface area contributed by atoms with E-state index in [9.17, 15) is 18.0 Å². The summed E-state index contributed by atoms with van der Waals surface area (Å²) in [7, 11) is 0. The number of benzene rings is 2. The molecular formula is C22H19F3N6O2. The standard InChI is InChI=1S/C22H19F3N6O2/c23-22(24,25)15-5-3-6-16(11-15)29-21(32)31-9-2-1-4-14-10-17(7-8-18(14)31)33-20-12-19(30-26)27-13-28-20/h3,5-8,10-13,26H,1-2,4,9H2,(H,29,32). The number of hydrogen-bond donors (Lipinski definition) is 2. The van der Waals surface area contributed by atoms with E-state index >= 15 is 0 Å². The van der Waals surface area contributed by atoms with Gasteiger partial charge in [-0.2, -0.15) is 13.2 Å². The highest BCUT2D eigenvalue weighted by molar-refractivity contribution is 6.02. The van der Waals surface area contributed by atoms with Crippen LogP contribution >= 0.6 is 0 Å². The number of carbonyl (C=O) groups is 1. The number of anilines is 2. The Labute approximate surface area is 186 Å². The van der Waals surface area contributed by atoms with Crippen molar-refractivity contribution in [2.45, 2.75) is 25.4 Å². The van der Waals surface area contributed by atoms with Crippen LogP contribution in [-0.2, 0) is 12.6 Å². The lowest BCUT2D eigenvalue weighted by Gasteiger charge is -2.24. The van der Waals surface area contributed by atoms with Crippen molar-refractivity contribution in [2.24, 2.45) is 5.11 Å². The topological polar surface area (TPSA) is 104 Å². The van der Waals surface area contributed by atoms with Gasteiger partial charge in [0.05, 0.1) is 5.56 Å². The minimum absolute atomic E-state index is 0.0694. The van der Waals surface area contributed by atoms with Crippen LogP contribution in [0.3, 0.4) is 0 Å². The quantitative estimate of drug-likeness (QED) is 0.448. The van der Waals surface area contributed by atoms with Gasteiger partial charge >= 0.3 is 12.2 Å². The highest BCUT2D eigenvalue weighted by atomic mass is 19.4. The molecule has 0 spiro atoms. The van der Waals surface area contributed by atoms with Gasteiger partial charge < -0.3 is 10.1 Å². The van der Waals surface area contributed by atoms with E-state index in [2.05, 4.69) is 20.4 Å². The fraction of sp³-hybridized carbons (Fsp3) is 0.227. The maximum atomic E-state index is 13.0. The Morgan fingerprint density at radius 1 is 1.12 bits per heavy atom. The van der Waals surface area contributed by atoms with Gasteiger partial charge in [-0.25, -0.2) is 20.3 Å². The summed E-state index contributed by atoms with van der Waals surface area (Å²) in [6.45, 7) is 0.429. The predicted molar refractivity (Wildman–Crippen MR) is 114 cm³/mol. The van der Waals surface area contributed by atoms with Crippen LogP contribution in [-0.4, -0.2) is 22.5 Å². The van der Waals surface area contributed by atoms with Gasteiger partial charge in [0.25, 0.3) is 0 Å². The Bertz CT molecular complexity index is 1180. The smallest absolute Gasteiger partial charge is 0.416 e. The number of amides is 2. The highest BCUT2D eigenvalue weighted by Gasteiger charge is 2.31. The molecule has 0 saturated carbocycles. The number of nitrogens with zero attached hydrogens (tertiary/aromatic N) is 4. The number of ether oxygens (including phenoxy) is 1. The highest BCUT2D eigenvalue weighted by Crippen LogP contribution is 2.33. The van der Waals surface area contributed by atoms with Crippen molar-refractivity contribution in [1.82, 2.24) is 9.97 Å².